The summed E-state index contributed by atoms with van der Waals surface area (Å²) in [4.78, 5) is 4.08. The van der Waals surface area contributed by atoms with E-state index in [2.05, 4.69) is 11.9 Å². The third kappa shape index (κ3) is 2.82. The normalized spacial score (nSPS) is 15.4. The maximum absolute atomic E-state index is 5.81. The fourth-order valence-corrected chi connectivity index (χ4v) is 1.48. The number of hydrogen-bond donors (Lipinski definition) is 1. The van der Waals surface area contributed by atoms with E-state index < -0.39 is 0 Å². The first-order chi connectivity index (χ1) is 6.65. The van der Waals surface area contributed by atoms with Crippen LogP contribution in [0, 0.1) is 0 Å². The maximum Gasteiger partial charge on any atom is 0.0949 e. The van der Waals surface area contributed by atoms with Crippen LogP contribution in [0.15, 0.2) is 12.5 Å². The molecule has 0 bridgehead atoms. The van der Waals surface area contributed by atoms with Crippen LogP contribution in [0.3, 0.4) is 0 Å². The monoisotopic (exact) mass is 197 g/mol. The maximum atomic E-state index is 5.81. The second kappa shape index (κ2) is 5.12. The van der Waals surface area contributed by atoms with Crippen LogP contribution in [0.2, 0.25) is 0 Å². The minimum atomic E-state index is 0.0197. The van der Waals surface area contributed by atoms with E-state index in [9.17, 15) is 0 Å². The predicted octanol–water partition coefficient (Wildman–Crippen LogP) is 1.33. The van der Waals surface area contributed by atoms with Crippen LogP contribution >= 0.6 is 0 Å². The standard InChI is InChI=1S/C10H19N3O/c1-4-14-8(2)6-13-7-12-5-10(13)9(3)11/h5,7-9H,4,6,11H2,1-3H3. The molecule has 1 heterocycles. The molecule has 0 saturated carbocycles. The molecule has 0 aliphatic carbocycles. The van der Waals surface area contributed by atoms with Crippen LogP contribution in [-0.4, -0.2) is 22.3 Å². The molecule has 14 heavy (non-hydrogen) atoms. The van der Waals surface area contributed by atoms with Gasteiger partial charge in [0.2, 0.25) is 0 Å². The third-order valence-electron chi connectivity index (χ3n) is 2.12. The van der Waals surface area contributed by atoms with Crippen molar-refractivity contribution in [3.05, 3.63) is 18.2 Å². The zero-order valence-electron chi connectivity index (χ0n) is 9.10. The smallest absolute Gasteiger partial charge is 0.0949 e. The molecule has 0 amide bonds. The summed E-state index contributed by atoms with van der Waals surface area (Å²) >= 11 is 0. The highest BCUT2D eigenvalue weighted by atomic mass is 16.5. The molecule has 0 spiro atoms. The van der Waals surface area contributed by atoms with E-state index >= 15 is 0 Å². The molecule has 4 nitrogen and oxygen atoms in total. The van der Waals surface area contributed by atoms with E-state index in [-0.39, 0.29) is 12.1 Å². The molecule has 1 aromatic heterocycles. The highest BCUT2D eigenvalue weighted by Gasteiger charge is 2.09. The molecule has 4 heteroatoms. The van der Waals surface area contributed by atoms with Crippen molar-refractivity contribution >= 4 is 0 Å². The lowest BCUT2D eigenvalue weighted by atomic mass is 10.2. The van der Waals surface area contributed by atoms with E-state index in [0.717, 1.165) is 18.8 Å². The van der Waals surface area contributed by atoms with Crippen molar-refractivity contribution in [1.29, 1.82) is 0 Å². The Bertz CT molecular complexity index is 270. The molecule has 0 aliphatic rings. The van der Waals surface area contributed by atoms with Gasteiger partial charge in [0.15, 0.2) is 0 Å². The molecule has 80 valence electrons. The molecule has 0 fully saturated rings. The Labute approximate surface area is 85.1 Å². The van der Waals surface area contributed by atoms with E-state index in [0.29, 0.717) is 0 Å². The lowest BCUT2D eigenvalue weighted by molar-refractivity contribution is 0.0633. The van der Waals surface area contributed by atoms with Gasteiger partial charge in [0.05, 0.1) is 18.1 Å². The summed E-state index contributed by atoms with van der Waals surface area (Å²) in [6, 6.07) is 0.0197. The molecule has 0 radical (unpaired) electrons. The Balaban J connectivity index is 2.61. The summed E-state index contributed by atoms with van der Waals surface area (Å²) in [5.41, 5.74) is 6.86. The highest BCUT2D eigenvalue weighted by Crippen LogP contribution is 2.09. The number of nitrogens with zero attached hydrogens (tertiary/aromatic N) is 2. The fraction of sp³-hybridized carbons (Fsp3) is 0.700. The van der Waals surface area contributed by atoms with E-state index in [1.165, 1.54) is 0 Å². The molecule has 1 rings (SSSR count). The van der Waals surface area contributed by atoms with Crippen molar-refractivity contribution in [3.63, 3.8) is 0 Å². The number of rotatable bonds is 5. The Morgan fingerprint density at radius 1 is 1.57 bits per heavy atom. The number of hydrogen-bond acceptors (Lipinski definition) is 3. The van der Waals surface area contributed by atoms with Crippen molar-refractivity contribution in [1.82, 2.24) is 9.55 Å². The SMILES string of the molecule is CCOC(C)Cn1cncc1C(C)N. The second-order valence-corrected chi connectivity index (χ2v) is 3.53. The molecule has 2 atom stereocenters. The highest BCUT2D eigenvalue weighted by molar-refractivity contribution is 5.03. The Morgan fingerprint density at radius 2 is 2.29 bits per heavy atom. The van der Waals surface area contributed by atoms with Crippen molar-refractivity contribution in [3.8, 4) is 0 Å². The molecule has 2 unspecified atom stereocenters. The average molecular weight is 197 g/mol. The molecule has 0 saturated heterocycles. The summed E-state index contributed by atoms with van der Waals surface area (Å²) in [6.07, 6.45) is 3.81. The number of imidazole rings is 1. The summed E-state index contributed by atoms with van der Waals surface area (Å²) in [5.74, 6) is 0. The summed E-state index contributed by atoms with van der Waals surface area (Å²) in [5, 5.41) is 0. The molecule has 1 aromatic rings. The van der Waals surface area contributed by atoms with Gasteiger partial charge < -0.3 is 15.0 Å². The molecular formula is C10H19N3O. The van der Waals surface area contributed by atoms with Gasteiger partial charge in [-0.1, -0.05) is 0 Å². The average Bonchev–Trinajstić information content (AvgIpc) is 2.52. The first kappa shape index (κ1) is 11.2. The van der Waals surface area contributed by atoms with Gasteiger partial charge in [-0.15, -0.1) is 0 Å². The zero-order chi connectivity index (χ0) is 10.6. The first-order valence-corrected chi connectivity index (χ1v) is 5.02. The van der Waals surface area contributed by atoms with Gasteiger partial charge in [-0.25, -0.2) is 4.98 Å². The van der Waals surface area contributed by atoms with Crippen molar-refractivity contribution in [2.75, 3.05) is 6.61 Å². The quantitative estimate of drug-likeness (QED) is 0.774. The van der Waals surface area contributed by atoms with E-state index in [1.54, 1.807) is 6.33 Å². The Kier molecular flexibility index (Phi) is 4.10. The van der Waals surface area contributed by atoms with Crippen LogP contribution in [-0.2, 0) is 11.3 Å². The fourth-order valence-electron chi connectivity index (χ4n) is 1.48. The Morgan fingerprint density at radius 3 is 2.86 bits per heavy atom. The van der Waals surface area contributed by atoms with Crippen molar-refractivity contribution in [2.24, 2.45) is 5.73 Å². The molecular weight excluding hydrogens is 178 g/mol. The van der Waals surface area contributed by atoms with Crippen LogP contribution < -0.4 is 5.73 Å². The van der Waals surface area contributed by atoms with Gasteiger partial charge in [0.25, 0.3) is 0 Å². The van der Waals surface area contributed by atoms with Gasteiger partial charge in [-0.05, 0) is 20.8 Å². The zero-order valence-corrected chi connectivity index (χ0v) is 9.10. The first-order valence-electron chi connectivity index (χ1n) is 5.02. The summed E-state index contributed by atoms with van der Waals surface area (Å²) in [6.45, 7) is 7.55. The van der Waals surface area contributed by atoms with Crippen molar-refractivity contribution in [2.45, 2.75) is 39.5 Å². The molecule has 2 N–H and O–H groups in total. The molecule has 0 aromatic carbocycles. The molecule has 0 aliphatic heterocycles. The van der Waals surface area contributed by atoms with Gasteiger partial charge >= 0.3 is 0 Å². The third-order valence-corrected chi connectivity index (χ3v) is 2.12. The minimum Gasteiger partial charge on any atom is -0.377 e. The van der Waals surface area contributed by atoms with Gasteiger partial charge in [-0.2, -0.15) is 0 Å². The lowest BCUT2D eigenvalue weighted by Crippen LogP contribution is -2.20. The van der Waals surface area contributed by atoms with Crippen LogP contribution in [0.25, 0.3) is 0 Å². The van der Waals surface area contributed by atoms with Gasteiger partial charge in [0, 0.05) is 25.4 Å². The van der Waals surface area contributed by atoms with Crippen LogP contribution in [0.4, 0.5) is 0 Å². The Hall–Kier alpha value is -0.870. The minimum absolute atomic E-state index is 0.0197. The van der Waals surface area contributed by atoms with Crippen LogP contribution in [0.5, 0.6) is 0 Å². The topological polar surface area (TPSA) is 53.1 Å². The van der Waals surface area contributed by atoms with E-state index in [1.807, 2.05) is 24.6 Å². The van der Waals surface area contributed by atoms with Gasteiger partial charge in [-0.3, -0.25) is 0 Å². The number of ether oxygens (including phenoxy) is 1. The van der Waals surface area contributed by atoms with Gasteiger partial charge in [0.1, 0.15) is 0 Å². The second-order valence-electron chi connectivity index (χ2n) is 3.53. The number of aromatic nitrogens is 2. The summed E-state index contributed by atoms with van der Waals surface area (Å²) < 4.78 is 7.51. The predicted molar refractivity (Wildman–Crippen MR) is 55.9 cm³/mol. The lowest BCUT2D eigenvalue weighted by Gasteiger charge is -2.15. The largest absolute Gasteiger partial charge is 0.377 e. The number of nitrogens with two attached hydrogens (primary N) is 1. The summed E-state index contributed by atoms with van der Waals surface area (Å²) in [7, 11) is 0. The van der Waals surface area contributed by atoms with Crippen molar-refractivity contribution < 1.29 is 4.74 Å². The van der Waals surface area contributed by atoms with E-state index in [4.69, 9.17) is 10.5 Å². The van der Waals surface area contributed by atoms with Crippen LogP contribution in [0.1, 0.15) is 32.5 Å².